The molecule has 0 aliphatic heterocycles. The third kappa shape index (κ3) is 6.35. The summed E-state index contributed by atoms with van der Waals surface area (Å²) in [5, 5.41) is 5.70. The lowest BCUT2D eigenvalue weighted by Crippen LogP contribution is -2.34. The van der Waals surface area contributed by atoms with Gasteiger partial charge in [0, 0.05) is 35.9 Å². The Morgan fingerprint density at radius 1 is 1.00 bits per heavy atom. The van der Waals surface area contributed by atoms with Crippen LogP contribution in [0.3, 0.4) is 0 Å². The number of fused-ring (bicyclic) bond motifs is 1. The number of hydrogen-bond acceptors (Lipinski definition) is 6. The molecule has 0 spiro atoms. The van der Waals surface area contributed by atoms with Crippen LogP contribution >= 0.6 is 22.9 Å². The molecule has 2 heterocycles. The predicted octanol–water partition coefficient (Wildman–Crippen LogP) is 6.23. The van der Waals surface area contributed by atoms with Gasteiger partial charge in [-0.3, -0.25) is 14.4 Å². The van der Waals surface area contributed by atoms with Gasteiger partial charge in [0.2, 0.25) is 10.0 Å². The second kappa shape index (κ2) is 12.2. The largest absolute Gasteiger partial charge is 0.282 e. The Morgan fingerprint density at radius 2 is 1.67 bits per heavy atom. The predicted molar refractivity (Wildman–Crippen MR) is 159 cm³/mol. The van der Waals surface area contributed by atoms with E-state index in [4.69, 9.17) is 16.6 Å². The van der Waals surface area contributed by atoms with Crippen molar-refractivity contribution in [2.24, 2.45) is 0 Å². The first-order chi connectivity index (χ1) is 18.5. The summed E-state index contributed by atoms with van der Waals surface area (Å²) in [6.07, 6.45) is 1.46. The highest BCUT2D eigenvalue weighted by molar-refractivity contribution is 7.89. The van der Waals surface area contributed by atoms with Gasteiger partial charge in [0.1, 0.15) is 0 Å². The SMILES string of the molecule is CCCN(CCC)S(=O)(=O)c1ccc(C(=O)N(CCn2nc(C)cc2C)c2nc3c(C)cc(Cl)cc3s2)cc1. The van der Waals surface area contributed by atoms with Gasteiger partial charge < -0.3 is 0 Å². The third-order valence-corrected chi connectivity index (χ3v) is 9.60. The molecule has 4 aromatic rings. The molecule has 0 saturated carbocycles. The fraction of sp³-hybridized carbons (Fsp3) is 0.393. The van der Waals surface area contributed by atoms with E-state index in [2.05, 4.69) is 5.10 Å². The molecule has 4 rings (SSSR count). The highest BCUT2D eigenvalue weighted by Gasteiger charge is 2.26. The molecular weight excluding hydrogens is 554 g/mol. The monoisotopic (exact) mass is 587 g/mol. The maximum absolute atomic E-state index is 13.9. The Balaban J connectivity index is 1.68. The minimum Gasteiger partial charge on any atom is -0.282 e. The number of anilines is 1. The van der Waals surface area contributed by atoms with Gasteiger partial charge in [0.15, 0.2) is 5.13 Å². The summed E-state index contributed by atoms with van der Waals surface area (Å²) in [6, 6.07) is 11.9. The van der Waals surface area contributed by atoms with E-state index < -0.39 is 10.0 Å². The summed E-state index contributed by atoms with van der Waals surface area (Å²) >= 11 is 7.68. The topological polar surface area (TPSA) is 88.4 Å². The van der Waals surface area contributed by atoms with Crippen molar-refractivity contribution in [3.63, 3.8) is 0 Å². The molecule has 0 bridgehead atoms. The fourth-order valence-corrected chi connectivity index (χ4v) is 7.63. The number of hydrogen-bond donors (Lipinski definition) is 0. The Bertz CT molecular complexity index is 1570. The minimum atomic E-state index is -3.64. The maximum atomic E-state index is 13.9. The van der Waals surface area contributed by atoms with Gasteiger partial charge in [-0.15, -0.1) is 0 Å². The van der Waals surface area contributed by atoms with Gasteiger partial charge in [-0.1, -0.05) is 36.8 Å². The zero-order valence-electron chi connectivity index (χ0n) is 22.9. The van der Waals surface area contributed by atoms with Crippen LogP contribution in [0, 0.1) is 20.8 Å². The third-order valence-electron chi connectivity index (χ3n) is 6.44. The average molecular weight is 588 g/mol. The second-order valence-corrected chi connectivity index (χ2v) is 13.0. The first-order valence-electron chi connectivity index (χ1n) is 13.0. The van der Waals surface area contributed by atoms with Gasteiger partial charge in [-0.25, -0.2) is 13.4 Å². The number of benzene rings is 2. The molecule has 0 aliphatic carbocycles. The molecule has 0 saturated heterocycles. The van der Waals surface area contributed by atoms with Crippen molar-refractivity contribution in [1.82, 2.24) is 19.1 Å². The Labute approximate surface area is 239 Å². The summed E-state index contributed by atoms with van der Waals surface area (Å²) in [5.74, 6) is -0.262. The Morgan fingerprint density at radius 3 is 2.26 bits per heavy atom. The van der Waals surface area contributed by atoms with Crippen LogP contribution in [0.15, 0.2) is 47.4 Å². The van der Waals surface area contributed by atoms with Crippen molar-refractivity contribution in [3.05, 3.63) is 70.0 Å². The van der Waals surface area contributed by atoms with Crippen molar-refractivity contribution in [1.29, 1.82) is 0 Å². The number of rotatable bonds is 11. The fourth-order valence-electron chi connectivity index (χ4n) is 4.56. The molecule has 1 amide bonds. The number of thiazole rings is 1. The number of carbonyl (C=O) groups is 1. The standard InChI is InChI=1S/C28H34ClN5O3S2/c1-6-12-32(13-7-2)39(36,37)24-10-8-22(9-11-24)27(35)33(14-15-34-21(5)17-20(4)31-34)28-30-26-19(3)16-23(29)18-25(26)38-28/h8-11,16-18H,6-7,12-15H2,1-5H3. The number of halogens is 1. The number of nitrogens with zero attached hydrogens (tertiary/aromatic N) is 5. The van der Waals surface area contributed by atoms with E-state index in [1.54, 1.807) is 17.0 Å². The van der Waals surface area contributed by atoms with Crippen LogP contribution < -0.4 is 4.90 Å². The number of amides is 1. The highest BCUT2D eigenvalue weighted by atomic mass is 35.5. The molecular formula is C28H34ClN5O3S2. The molecule has 208 valence electrons. The van der Waals surface area contributed by atoms with Gasteiger partial charge in [0.25, 0.3) is 5.91 Å². The van der Waals surface area contributed by atoms with Crippen molar-refractivity contribution in [2.45, 2.75) is 58.9 Å². The molecule has 0 radical (unpaired) electrons. The summed E-state index contributed by atoms with van der Waals surface area (Å²) < 4.78 is 30.7. The Hall–Kier alpha value is -2.79. The lowest BCUT2D eigenvalue weighted by Gasteiger charge is -2.22. The number of aryl methyl sites for hydroxylation is 3. The van der Waals surface area contributed by atoms with Crippen molar-refractivity contribution >= 4 is 54.2 Å². The average Bonchev–Trinajstić information content (AvgIpc) is 3.46. The first kappa shape index (κ1) is 29.2. The van der Waals surface area contributed by atoms with Crippen LogP contribution in [0.4, 0.5) is 5.13 Å². The van der Waals surface area contributed by atoms with E-state index in [0.717, 1.165) is 40.0 Å². The van der Waals surface area contributed by atoms with E-state index in [9.17, 15) is 13.2 Å². The second-order valence-electron chi connectivity index (χ2n) is 9.60. The molecule has 11 heteroatoms. The van der Waals surface area contributed by atoms with Crippen LogP contribution in [0.25, 0.3) is 10.2 Å². The summed E-state index contributed by atoms with van der Waals surface area (Å²) in [4.78, 5) is 20.5. The number of carbonyl (C=O) groups excluding carboxylic acids is 1. The zero-order valence-corrected chi connectivity index (χ0v) is 25.3. The first-order valence-corrected chi connectivity index (χ1v) is 15.7. The maximum Gasteiger partial charge on any atom is 0.260 e. The van der Waals surface area contributed by atoms with Gasteiger partial charge in [-0.05, 0) is 81.6 Å². The van der Waals surface area contributed by atoms with E-state index in [-0.39, 0.29) is 10.8 Å². The Kier molecular flexibility index (Phi) is 9.10. The van der Waals surface area contributed by atoms with Gasteiger partial charge in [0.05, 0.1) is 27.4 Å². The summed E-state index contributed by atoms with van der Waals surface area (Å²) in [5.41, 5.74) is 4.03. The quantitative estimate of drug-likeness (QED) is 0.208. The number of sulfonamides is 1. The van der Waals surface area contributed by atoms with E-state index in [0.29, 0.717) is 41.9 Å². The molecule has 0 atom stereocenters. The molecule has 8 nitrogen and oxygen atoms in total. The van der Waals surface area contributed by atoms with Gasteiger partial charge in [-0.2, -0.15) is 9.40 Å². The lowest BCUT2D eigenvalue weighted by atomic mass is 10.2. The highest BCUT2D eigenvalue weighted by Crippen LogP contribution is 2.34. The number of aromatic nitrogens is 3. The van der Waals surface area contributed by atoms with Gasteiger partial charge >= 0.3 is 0 Å². The summed E-state index contributed by atoms with van der Waals surface area (Å²) in [6.45, 7) is 11.5. The van der Waals surface area contributed by atoms with Crippen molar-refractivity contribution in [3.8, 4) is 0 Å². The molecule has 0 fully saturated rings. The molecule has 2 aromatic carbocycles. The van der Waals surface area contributed by atoms with Crippen LogP contribution in [0.5, 0.6) is 0 Å². The van der Waals surface area contributed by atoms with Crippen molar-refractivity contribution < 1.29 is 13.2 Å². The van der Waals surface area contributed by atoms with Crippen LogP contribution in [-0.4, -0.2) is 53.0 Å². The van der Waals surface area contributed by atoms with Crippen LogP contribution in [0.2, 0.25) is 5.02 Å². The lowest BCUT2D eigenvalue weighted by molar-refractivity contribution is 0.0985. The van der Waals surface area contributed by atoms with E-state index in [1.807, 2.05) is 57.5 Å². The van der Waals surface area contributed by atoms with Crippen molar-refractivity contribution in [2.75, 3.05) is 24.5 Å². The molecule has 0 unspecified atom stereocenters. The van der Waals surface area contributed by atoms with E-state index in [1.165, 1.54) is 27.8 Å². The van der Waals surface area contributed by atoms with E-state index >= 15 is 0 Å². The summed E-state index contributed by atoms with van der Waals surface area (Å²) in [7, 11) is -3.64. The smallest absolute Gasteiger partial charge is 0.260 e. The zero-order chi connectivity index (χ0) is 28.3. The van der Waals surface area contributed by atoms with Crippen LogP contribution in [0.1, 0.15) is 54.0 Å². The van der Waals surface area contributed by atoms with Crippen LogP contribution in [-0.2, 0) is 16.6 Å². The molecule has 0 aliphatic rings. The molecule has 39 heavy (non-hydrogen) atoms. The molecule has 2 aromatic heterocycles. The molecule has 0 N–H and O–H groups in total. The minimum absolute atomic E-state index is 0.181. The normalized spacial score (nSPS) is 12.0.